The molecule has 0 aromatic heterocycles. The van der Waals surface area contributed by atoms with E-state index in [0.717, 1.165) is 6.08 Å². The van der Waals surface area contributed by atoms with Crippen LogP contribution >= 0.6 is 0 Å². The summed E-state index contributed by atoms with van der Waals surface area (Å²) >= 11 is 0. The van der Waals surface area contributed by atoms with Gasteiger partial charge in [0.15, 0.2) is 0 Å². The van der Waals surface area contributed by atoms with Crippen molar-refractivity contribution in [3.05, 3.63) is 41.2 Å². The molecule has 0 aliphatic carbocycles. The van der Waals surface area contributed by atoms with Crippen molar-refractivity contribution in [2.24, 2.45) is 5.73 Å². The Kier molecular flexibility index (Phi) is 3.36. The molecule has 1 rings (SSSR count). The molecule has 0 spiro atoms. The van der Waals surface area contributed by atoms with Crippen LogP contribution in [-0.2, 0) is 11.3 Å². The van der Waals surface area contributed by atoms with Crippen molar-refractivity contribution >= 4 is 12.0 Å². The minimum atomic E-state index is -1.07. The lowest BCUT2D eigenvalue weighted by atomic mass is 10.1. The number of nitrogens with two attached hydrogens (primary N) is 1. The molecule has 0 saturated carbocycles. The number of benzene rings is 1. The van der Waals surface area contributed by atoms with Gasteiger partial charge in [0.25, 0.3) is 0 Å². The van der Waals surface area contributed by atoms with Crippen LogP contribution in [0.25, 0.3) is 6.08 Å². The quantitative estimate of drug-likeness (QED) is 0.716. The maximum absolute atomic E-state index is 12.8. The van der Waals surface area contributed by atoms with Crippen LogP contribution in [0.2, 0.25) is 0 Å². The standard InChI is InChI=1S/C10H10FNO2/c11-9-3-1-8(6-12)7(5-9)2-4-10(13)14/h1-5H,6,12H2,(H,13,14). The molecule has 4 heteroatoms. The van der Waals surface area contributed by atoms with E-state index in [-0.39, 0.29) is 6.54 Å². The van der Waals surface area contributed by atoms with Gasteiger partial charge in [-0.25, -0.2) is 9.18 Å². The summed E-state index contributed by atoms with van der Waals surface area (Å²) in [4.78, 5) is 10.2. The first-order chi connectivity index (χ1) is 6.63. The zero-order chi connectivity index (χ0) is 10.6. The molecule has 0 unspecified atom stereocenters. The third kappa shape index (κ3) is 2.67. The second-order valence-corrected chi connectivity index (χ2v) is 2.72. The van der Waals surface area contributed by atoms with E-state index in [1.54, 1.807) is 0 Å². The maximum Gasteiger partial charge on any atom is 0.328 e. The number of hydrogen-bond acceptors (Lipinski definition) is 2. The van der Waals surface area contributed by atoms with Gasteiger partial charge in [0, 0.05) is 12.6 Å². The molecular formula is C10H10FNO2. The van der Waals surface area contributed by atoms with E-state index in [0.29, 0.717) is 11.1 Å². The van der Waals surface area contributed by atoms with Gasteiger partial charge in [-0.2, -0.15) is 0 Å². The SMILES string of the molecule is NCc1ccc(F)cc1C=CC(=O)O. The predicted octanol–water partition coefficient (Wildman–Crippen LogP) is 1.38. The first-order valence-corrected chi connectivity index (χ1v) is 4.03. The molecule has 0 saturated heterocycles. The number of aliphatic carboxylic acids is 1. The Morgan fingerprint density at radius 2 is 2.29 bits per heavy atom. The molecule has 0 fully saturated rings. The van der Waals surface area contributed by atoms with E-state index in [1.807, 2.05) is 0 Å². The van der Waals surface area contributed by atoms with Crippen molar-refractivity contribution in [3.63, 3.8) is 0 Å². The molecule has 3 N–H and O–H groups in total. The highest BCUT2D eigenvalue weighted by Crippen LogP contribution is 2.12. The summed E-state index contributed by atoms with van der Waals surface area (Å²) in [6, 6.07) is 4.08. The summed E-state index contributed by atoms with van der Waals surface area (Å²) < 4.78 is 12.8. The Bertz CT molecular complexity index is 374. The zero-order valence-corrected chi connectivity index (χ0v) is 7.40. The first-order valence-electron chi connectivity index (χ1n) is 4.03. The van der Waals surface area contributed by atoms with Crippen LogP contribution in [0.5, 0.6) is 0 Å². The number of halogens is 1. The van der Waals surface area contributed by atoms with Crippen LogP contribution in [0, 0.1) is 5.82 Å². The Labute approximate surface area is 80.7 Å². The first kappa shape index (κ1) is 10.4. The second kappa shape index (κ2) is 4.53. The third-order valence-corrected chi connectivity index (χ3v) is 1.73. The average Bonchev–Trinajstić information content (AvgIpc) is 2.15. The average molecular weight is 195 g/mol. The summed E-state index contributed by atoms with van der Waals surface area (Å²) in [6.07, 6.45) is 2.28. The largest absolute Gasteiger partial charge is 0.478 e. The van der Waals surface area contributed by atoms with Crippen molar-refractivity contribution < 1.29 is 14.3 Å². The summed E-state index contributed by atoms with van der Waals surface area (Å²) in [5, 5.41) is 8.40. The monoisotopic (exact) mass is 195 g/mol. The van der Waals surface area contributed by atoms with Gasteiger partial charge in [-0.05, 0) is 29.3 Å². The fourth-order valence-corrected chi connectivity index (χ4v) is 1.07. The van der Waals surface area contributed by atoms with Crippen LogP contribution < -0.4 is 5.73 Å². The van der Waals surface area contributed by atoms with Crippen molar-refractivity contribution in [2.75, 3.05) is 0 Å². The van der Waals surface area contributed by atoms with Crippen LogP contribution in [0.15, 0.2) is 24.3 Å². The van der Waals surface area contributed by atoms with Crippen LogP contribution in [0.3, 0.4) is 0 Å². The molecule has 0 heterocycles. The molecular weight excluding hydrogens is 185 g/mol. The highest BCUT2D eigenvalue weighted by molar-refractivity contribution is 5.85. The summed E-state index contributed by atoms with van der Waals surface area (Å²) in [7, 11) is 0. The molecule has 0 aliphatic rings. The molecule has 3 nitrogen and oxygen atoms in total. The van der Waals surface area contributed by atoms with Crippen molar-refractivity contribution in [1.82, 2.24) is 0 Å². The fourth-order valence-electron chi connectivity index (χ4n) is 1.07. The molecule has 1 aromatic carbocycles. The van der Waals surface area contributed by atoms with Gasteiger partial charge in [0.2, 0.25) is 0 Å². The normalized spacial score (nSPS) is 10.7. The Morgan fingerprint density at radius 1 is 1.57 bits per heavy atom. The van der Waals surface area contributed by atoms with E-state index >= 15 is 0 Å². The topological polar surface area (TPSA) is 63.3 Å². The smallest absolute Gasteiger partial charge is 0.328 e. The van der Waals surface area contributed by atoms with Crippen molar-refractivity contribution in [1.29, 1.82) is 0 Å². The minimum absolute atomic E-state index is 0.250. The van der Waals surface area contributed by atoms with E-state index in [2.05, 4.69) is 0 Å². The van der Waals surface area contributed by atoms with Gasteiger partial charge in [-0.15, -0.1) is 0 Å². The third-order valence-electron chi connectivity index (χ3n) is 1.73. The van der Waals surface area contributed by atoms with Gasteiger partial charge in [0.05, 0.1) is 0 Å². The Balaban J connectivity index is 3.04. The number of carboxylic acid groups (broad SMARTS) is 1. The second-order valence-electron chi connectivity index (χ2n) is 2.72. The summed E-state index contributed by atoms with van der Waals surface area (Å²) in [5.74, 6) is -1.48. The lowest BCUT2D eigenvalue weighted by Crippen LogP contribution is -1.99. The molecule has 0 aliphatic heterocycles. The van der Waals surface area contributed by atoms with E-state index in [1.165, 1.54) is 24.3 Å². The van der Waals surface area contributed by atoms with E-state index < -0.39 is 11.8 Å². The lowest BCUT2D eigenvalue weighted by molar-refractivity contribution is -0.131. The summed E-state index contributed by atoms with van der Waals surface area (Å²) in [5.41, 5.74) is 6.61. The zero-order valence-electron chi connectivity index (χ0n) is 7.40. The number of carboxylic acids is 1. The minimum Gasteiger partial charge on any atom is -0.478 e. The van der Waals surface area contributed by atoms with Crippen molar-refractivity contribution in [3.8, 4) is 0 Å². The highest BCUT2D eigenvalue weighted by Gasteiger charge is 1.99. The maximum atomic E-state index is 12.8. The lowest BCUT2D eigenvalue weighted by Gasteiger charge is -2.02. The van der Waals surface area contributed by atoms with Gasteiger partial charge in [0.1, 0.15) is 5.82 Å². The molecule has 74 valence electrons. The van der Waals surface area contributed by atoms with Gasteiger partial charge >= 0.3 is 5.97 Å². The van der Waals surface area contributed by atoms with Crippen LogP contribution in [0.1, 0.15) is 11.1 Å². The predicted molar refractivity (Wildman–Crippen MR) is 51.0 cm³/mol. The van der Waals surface area contributed by atoms with E-state index in [4.69, 9.17) is 10.8 Å². The Morgan fingerprint density at radius 3 is 2.86 bits per heavy atom. The molecule has 1 aromatic rings. The van der Waals surface area contributed by atoms with Crippen molar-refractivity contribution in [2.45, 2.75) is 6.54 Å². The molecule has 0 amide bonds. The van der Waals surface area contributed by atoms with Crippen LogP contribution in [0.4, 0.5) is 4.39 Å². The number of rotatable bonds is 3. The van der Waals surface area contributed by atoms with Gasteiger partial charge in [-0.3, -0.25) is 0 Å². The Hall–Kier alpha value is -1.68. The fraction of sp³-hybridized carbons (Fsp3) is 0.100. The van der Waals surface area contributed by atoms with E-state index in [9.17, 15) is 9.18 Å². The molecule has 0 bridgehead atoms. The molecule has 14 heavy (non-hydrogen) atoms. The number of carbonyl (C=O) groups is 1. The highest BCUT2D eigenvalue weighted by atomic mass is 19.1. The van der Waals surface area contributed by atoms with Gasteiger partial charge < -0.3 is 10.8 Å². The number of hydrogen-bond donors (Lipinski definition) is 2. The molecule has 0 atom stereocenters. The van der Waals surface area contributed by atoms with Gasteiger partial charge in [-0.1, -0.05) is 6.07 Å². The van der Waals surface area contributed by atoms with Crippen LogP contribution in [-0.4, -0.2) is 11.1 Å². The summed E-state index contributed by atoms with van der Waals surface area (Å²) in [6.45, 7) is 0.250. The molecule has 0 radical (unpaired) electrons.